The van der Waals surface area contributed by atoms with Crippen LogP contribution < -0.4 is 10.1 Å². The number of amides is 1. The van der Waals surface area contributed by atoms with Crippen molar-refractivity contribution in [3.63, 3.8) is 0 Å². The molecule has 0 spiro atoms. The number of fused-ring (bicyclic) bond motifs is 2. The molecular formula is C23H22FN3O2. The number of aryl methyl sites for hydroxylation is 2. The van der Waals surface area contributed by atoms with Gasteiger partial charge in [-0.1, -0.05) is 18.2 Å². The van der Waals surface area contributed by atoms with Crippen molar-refractivity contribution in [1.29, 1.82) is 0 Å². The van der Waals surface area contributed by atoms with E-state index in [1.165, 1.54) is 6.07 Å². The molecule has 2 aromatic carbocycles. The fraction of sp³-hybridized carbons (Fsp3) is 0.217. The average molecular weight is 391 g/mol. The molecule has 2 heterocycles. The highest BCUT2D eigenvalue weighted by molar-refractivity contribution is 5.88. The van der Waals surface area contributed by atoms with Gasteiger partial charge in [-0.25, -0.2) is 4.39 Å². The minimum atomic E-state index is -0.262. The lowest BCUT2D eigenvalue weighted by atomic mass is 10.0. The monoisotopic (exact) mass is 391 g/mol. The van der Waals surface area contributed by atoms with Crippen LogP contribution >= 0.6 is 0 Å². The largest absolute Gasteiger partial charge is 0.483 e. The van der Waals surface area contributed by atoms with Gasteiger partial charge in [-0.05, 0) is 55.7 Å². The summed E-state index contributed by atoms with van der Waals surface area (Å²) in [5.41, 5.74) is 4.31. The number of nitrogens with one attached hydrogen (secondary N) is 2. The third-order valence-electron chi connectivity index (χ3n) is 5.09. The van der Waals surface area contributed by atoms with E-state index in [0.29, 0.717) is 24.2 Å². The van der Waals surface area contributed by atoms with Gasteiger partial charge in [0.1, 0.15) is 11.6 Å². The molecule has 0 saturated carbocycles. The smallest absolute Gasteiger partial charge is 0.257 e. The number of para-hydroxylation sites is 1. The number of ether oxygens (including phenoxy) is 1. The molecule has 4 rings (SSSR count). The number of halogens is 1. The maximum Gasteiger partial charge on any atom is 0.257 e. The minimum Gasteiger partial charge on any atom is -0.483 e. The van der Waals surface area contributed by atoms with Gasteiger partial charge in [0, 0.05) is 29.2 Å². The van der Waals surface area contributed by atoms with Crippen LogP contribution in [0.15, 0.2) is 48.7 Å². The van der Waals surface area contributed by atoms with Crippen LogP contribution in [0.5, 0.6) is 5.75 Å². The first-order valence-corrected chi connectivity index (χ1v) is 9.54. The molecule has 0 bridgehead atoms. The summed E-state index contributed by atoms with van der Waals surface area (Å²) in [6.45, 7) is 4.26. The number of nitrogens with zero attached hydrogens (tertiary/aromatic N) is 1. The summed E-state index contributed by atoms with van der Waals surface area (Å²) in [6, 6.07) is 12.6. The number of rotatable bonds is 6. The number of hydrogen-bond acceptors (Lipinski definition) is 3. The van der Waals surface area contributed by atoms with Gasteiger partial charge in [0.2, 0.25) is 0 Å². The zero-order valence-electron chi connectivity index (χ0n) is 16.4. The van der Waals surface area contributed by atoms with Crippen LogP contribution in [-0.2, 0) is 11.2 Å². The average Bonchev–Trinajstić information content (AvgIpc) is 3.07. The van der Waals surface area contributed by atoms with Gasteiger partial charge in [-0.2, -0.15) is 0 Å². The van der Waals surface area contributed by atoms with Crippen molar-refractivity contribution in [2.75, 3.05) is 13.2 Å². The summed E-state index contributed by atoms with van der Waals surface area (Å²) in [6.07, 6.45) is 2.27. The lowest BCUT2D eigenvalue weighted by Gasteiger charge is -2.10. The number of aromatic amines is 1. The molecule has 29 heavy (non-hydrogen) atoms. The van der Waals surface area contributed by atoms with Crippen LogP contribution in [0.25, 0.3) is 21.8 Å². The number of pyridine rings is 1. The van der Waals surface area contributed by atoms with E-state index in [4.69, 9.17) is 4.74 Å². The number of carbonyl (C=O) groups excluding carboxylic acids is 1. The van der Waals surface area contributed by atoms with Gasteiger partial charge in [0.15, 0.2) is 6.61 Å². The van der Waals surface area contributed by atoms with Gasteiger partial charge >= 0.3 is 0 Å². The van der Waals surface area contributed by atoms with E-state index in [-0.39, 0.29) is 18.3 Å². The van der Waals surface area contributed by atoms with Gasteiger partial charge in [-0.15, -0.1) is 0 Å². The predicted molar refractivity (Wildman–Crippen MR) is 112 cm³/mol. The molecule has 2 aromatic heterocycles. The Morgan fingerprint density at radius 2 is 2.00 bits per heavy atom. The standard InChI is InChI=1S/C23H22FN3O2/c1-14-7-8-18(24)23-22(14)16(15(2)27-23)9-11-26-21(28)13-29-20-10-12-25-19-6-4-3-5-17(19)20/h3-8,10,12,27H,9,11,13H2,1-2H3,(H,26,28). The van der Waals surface area contributed by atoms with Crippen LogP contribution in [0.4, 0.5) is 4.39 Å². The lowest BCUT2D eigenvalue weighted by molar-refractivity contribution is -0.123. The molecule has 0 aliphatic heterocycles. The van der Waals surface area contributed by atoms with Crippen molar-refractivity contribution in [3.05, 3.63) is 71.3 Å². The molecule has 6 heteroatoms. The van der Waals surface area contributed by atoms with E-state index in [1.54, 1.807) is 18.3 Å². The highest BCUT2D eigenvalue weighted by atomic mass is 19.1. The summed E-state index contributed by atoms with van der Waals surface area (Å²) >= 11 is 0. The summed E-state index contributed by atoms with van der Waals surface area (Å²) in [4.78, 5) is 19.6. The first-order valence-electron chi connectivity index (χ1n) is 9.54. The van der Waals surface area contributed by atoms with Gasteiger partial charge in [-0.3, -0.25) is 9.78 Å². The van der Waals surface area contributed by atoms with E-state index < -0.39 is 0 Å². The molecule has 0 aliphatic carbocycles. The van der Waals surface area contributed by atoms with E-state index >= 15 is 0 Å². The Kier molecular flexibility index (Phi) is 5.16. The van der Waals surface area contributed by atoms with Crippen LogP contribution in [0.1, 0.15) is 16.8 Å². The molecule has 0 fully saturated rings. The van der Waals surface area contributed by atoms with Crippen LogP contribution in [0.3, 0.4) is 0 Å². The van der Waals surface area contributed by atoms with E-state index in [9.17, 15) is 9.18 Å². The highest BCUT2D eigenvalue weighted by Crippen LogP contribution is 2.28. The zero-order chi connectivity index (χ0) is 20.4. The normalized spacial score (nSPS) is 11.1. The Morgan fingerprint density at radius 1 is 1.17 bits per heavy atom. The van der Waals surface area contributed by atoms with Crippen molar-refractivity contribution in [3.8, 4) is 5.75 Å². The van der Waals surface area contributed by atoms with E-state index in [0.717, 1.165) is 33.1 Å². The van der Waals surface area contributed by atoms with E-state index in [1.807, 2.05) is 38.1 Å². The molecular weight excluding hydrogens is 369 g/mol. The fourth-order valence-corrected chi connectivity index (χ4v) is 3.67. The Labute approximate surface area is 167 Å². The Morgan fingerprint density at radius 3 is 2.86 bits per heavy atom. The summed E-state index contributed by atoms with van der Waals surface area (Å²) in [5, 5.41) is 4.65. The van der Waals surface area contributed by atoms with Gasteiger partial charge < -0.3 is 15.0 Å². The number of carbonyl (C=O) groups is 1. The topological polar surface area (TPSA) is 67.0 Å². The second-order valence-corrected chi connectivity index (χ2v) is 7.06. The maximum atomic E-state index is 14.1. The molecule has 2 N–H and O–H groups in total. The van der Waals surface area contributed by atoms with Crippen molar-refractivity contribution >= 4 is 27.7 Å². The number of aromatic nitrogens is 2. The Hall–Kier alpha value is -3.41. The molecule has 0 saturated heterocycles. The van der Waals surface area contributed by atoms with Crippen LogP contribution in [0.2, 0.25) is 0 Å². The molecule has 4 aromatic rings. The SMILES string of the molecule is Cc1[nH]c2c(F)ccc(C)c2c1CCNC(=O)COc1ccnc2ccccc12. The lowest BCUT2D eigenvalue weighted by Crippen LogP contribution is -2.30. The molecule has 0 unspecified atom stereocenters. The Balaban J connectivity index is 1.38. The van der Waals surface area contributed by atoms with Crippen molar-refractivity contribution in [2.24, 2.45) is 0 Å². The molecule has 0 atom stereocenters. The molecule has 0 aliphatic rings. The third kappa shape index (κ3) is 3.78. The van der Waals surface area contributed by atoms with Gasteiger partial charge in [0.25, 0.3) is 5.91 Å². The third-order valence-corrected chi connectivity index (χ3v) is 5.09. The molecule has 1 amide bonds. The summed E-state index contributed by atoms with van der Waals surface area (Å²) < 4.78 is 19.8. The number of benzene rings is 2. The van der Waals surface area contributed by atoms with Crippen molar-refractivity contribution in [2.45, 2.75) is 20.3 Å². The quantitative estimate of drug-likeness (QED) is 0.517. The summed E-state index contributed by atoms with van der Waals surface area (Å²) in [7, 11) is 0. The predicted octanol–water partition coefficient (Wildman–Crippen LogP) is 4.21. The highest BCUT2D eigenvalue weighted by Gasteiger charge is 2.14. The van der Waals surface area contributed by atoms with E-state index in [2.05, 4.69) is 15.3 Å². The summed E-state index contributed by atoms with van der Waals surface area (Å²) in [5.74, 6) is 0.164. The molecule has 5 nitrogen and oxygen atoms in total. The second kappa shape index (κ2) is 7.91. The zero-order valence-corrected chi connectivity index (χ0v) is 16.4. The Bertz CT molecular complexity index is 1190. The maximum absolute atomic E-state index is 14.1. The van der Waals surface area contributed by atoms with Crippen molar-refractivity contribution in [1.82, 2.24) is 15.3 Å². The minimum absolute atomic E-state index is 0.0749. The number of H-pyrrole nitrogens is 1. The first kappa shape index (κ1) is 18.9. The van der Waals surface area contributed by atoms with Gasteiger partial charge in [0.05, 0.1) is 11.0 Å². The van der Waals surface area contributed by atoms with Crippen LogP contribution in [0, 0.1) is 19.7 Å². The van der Waals surface area contributed by atoms with Crippen molar-refractivity contribution < 1.29 is 13.9 Å². The fourth-order valence-electron chi connectivity index (χ4n) is 3.67. The number of hydrogen-bond donors (Lipinski definition) is 2. The second-order valence-electron chi connectivity index (χ2n) is 7.06. The molecule has 0 radical (unpaired) electrons. The first-order chi connectivity index (χ1) is 14.0. The molecule has 148 valence electrons. The van der Waals surface area contributed by atoms with Crippen LogP contribution in [-0.4, -0.2) is 29.0 Å².